The van der Waals surface area contributed by atoms with E-state index < -0.39 is 5.97 Å². The SMILES string of the molecule is CCCCCCC#CC#CCCCCCCCCC(=O)O. The maximum atomic E-state index is 10.3. The third kappa shape index (κ3) is 18.6. The van der Waals surface area contributed by atoms with Gasteiger partial charge in [-0.25, -0.2) is 0 Å². The highest BCUT2D eigenvalue weighted by Gasteiger charge is 1.95. The molecule has 0 spiro atoms. The Balaban J connectivity index is 3.26. The molecule has 0 bridgehead atoms. The van der Waals surface area contributed by atoms with E-state index in [9.17, 15) is 4.79 Å². The van der Waals surface area contributed by atoms with Crippen LogP contribution in [0.25, 0.3) is 0 Å². The van der Waals surface area contributed by atoms with Gasteiger partial charge in [0.25, 0.3) is 0 Å². The molecule has 0 rings (SSSR count). The zero-order chi connectivity index (χ0) is 15.6. The van der Waals surface area contributed by atoms with Crippen LogP contribution in [-0.4, -0.2) is 11.1 Å². The molecule has 0 aliphatic carbocycles. The van der Waals surface area contributed by atoms with Crippen LogP contribution < -0.4 is 0 Å². The number of unbranched alkanes of at least 4 members (excludes halogenated alkanes) is 10. The Labute approximate surface area is 130 Å². The van der Waals surface area contributed by atoms with Gasteiger partial charge in [-0.1, -0.05) is 63.7 Å². The average Bonchev–Trinajstić information content (AvgIpc) is 2.46. The summed E-state index contributed by atoms with van der Waals surface area (Å²) in [4.78, 5) is 10.3. The third-order valence-electron chi connectivity index (χ3n) is 3.34. The van der Waals surface area contributed by atoms with Crippen LogP contribution in [-0.2, 0) is 4.79 Å². The first-order valence-electron chi connectivity index (χ1n) is 8.45. The Morgan fingerprint density at radius 1 is 0.762 bits per heavy atom. The van der Waals surface area contributed by atoms with Crippen molar-refractivity contribution in [1.29, 1.82) is 0 Å². The van der Waals surface area contributed by atoms with Crippen LogP contribution in [0.1, 0.15) is 90.4 Å². The number of hydrogen-bond donors (Lipinski definition) is 1. The Morgan fingerprint density at radius 2 is 1.24 bits per heavy atom. The van der Waals surface area contributed by atoms with Crippen LogP contribution in [0, 0.1) is 23.7 Å². The smallest absolute Gasteiger partial charge is 0.303 e. The summed E-state index contributed by atoms with van der Waals surface area (Å²) in [6, 6.07) is 0. The second kappa shape index (κ2) is 16.6. The van der Waals surface area contributed by atoms with Gasteiger partial charge in [-0.05, 0) is 31.1 Å². The van der Waals surface area contributed by atoms with E-state index in [1.165, 1.54) is 38.5 Å². The molecule has 118 valence electrons. The normalized spacial score (nSPS) is 9.38. The quantitative estimate of drug-likeness (QED) is 0.398. The van der Waals surface area contributed by atoms with Crippen molar-refractivity contribution in [2.75, 3.05) is 0 Å². The molecule has 2 nitrogen and oxygen atoms in total. The van der Waals surface area contributed by atoms with Gasteiger partial charge in [-0.3, -0.25) is 4.79 Å². The van der Waals surface area contributed by atoms with Crippen LogP contribution in [0.2, 0.25) is 0 Å². The van der Waals surface area contributed by atoms with E-state index in [1.54, 1.807) is 0 Å². The maximum Gasteiger partial charge on any atom is 0.303 e. The van der Waals surface area contributed by atoms with Crippen molar-refractivity contribution in [1.82, 2.24) is 0 Å². The molecule has 0 fully saturated rings. The minimum atomic E-state index is -0.684. The van der Waals surface area contributed by atoms with Gasteiger partial charge < -0.3 is 5.11 Å². The highest BCUT2D eigenvalue weighted by molar-refractivity contribution is 5.66. The molecule has 0 unspecified atom stereocenters. The number of carbonyl (C=O) groups is 1. The topological polar surface area (TPSA) is 37.3 Å². The van der Waals surface area contributed by atoms with Gasteiger partial charge in [0.15, 0.2) is 0 Å². The predicted octanol–water partition coefficient (Wildman–Crippen LogP) is 5.17. The highest BCUT2D eigenvalue weighted by atomic mass is 16.4. The second-order valence-electron chi connectivity index (χ2n) is 5.43. The largest absolute Gasteiger partial charge is 0.481 e. The van der Waals surface area contributed by atoms with Gasteiger partial charge in [-0.2, -0.15) is 0 Å². The van der Waals surface area contributed by atoms with E-state index in [4.69, 9.17) is 5.11 Å². The van der Waals surface area contributed by atoms with Gasteiger partial charge >= 0.3 is 5.97 Å². The van der Waals surface area contributed by atoms with E-state index in [0.717, 1.165) is 38.5 Å². The molecule has 21 heavy (non-hydrogen) atoms. The Hall–Kier alpha value is -1.41. The van der Waals surface area contributed by atoms with Crippen molar-refractivity contribution in [3.05, 3.63) is 0 Å². The van der Waals surface area contributed by atoms with Gasteiger partial charge in [0, 0.05) is 19.3 Å². The van der Waals surface area contributed by atoms with Crippen LogP contribution in [0.4, 0.5) is 0 Å². The van der Waals surface area contributed by atoms with Gasteiger partial charge in [-0.15, -0.1) is 0 Å². The number of carboxylic acids is 1. The lowest BCUT2D eigenvalue weighted by atomic mass is 10.1. The van der Waals surface area contributed by atoms with E-state index in [2.05, 4.69) is 30.6 Å². The standard InChI is InChI=1S/C19H30O2/c1-2-3-4-5-6-7-8-9-10-11-12-13-14-15-16-17-18-19(20)21/h2-6,11-18H2,1H3,(H,20,21). The molecule has 0 aliphatic heterocycles. The molecule has 2 heteroatoms. The predicted molar refractivity (Wildman–Crippen MR) is 88.9 cm³/mol. The second-order valence-corrected chi connectivity index (χ2v) is 5.43. The van der Waals surface area contributed by atoms with Crippen molar-refractivity contribution in [3.8, 4) is 23.7 Å². The van der Waals surface area contributed by atoms with Gasteiger partial charge in [0.05, 0.1) is 0 Å². The maximum absolute atomic E-state index is 10.3. The van der Waals surface area contributed by atoms with Crippen molar-refractivity contribution in [2.45, 2.75) is 90.4 Å². The molecule has 0 aliphatic rings. The molecule has 0 radical (unpaired) electrons. The first-order valence-corrected chi connectivity index (χ1v) is 8.45. The first-order chi connectivity index (χ1) is 10.3. The zero-order valence-corrected chi connectivity index (χ0v) is 13.5. The summed E-state index contributed by atoms with van der Waals surface area (Å²) < 4.78 is 0. The van der Waals surface area contributed by atoms with Crippen molar-refractivity contribution in [3.63, 3.8) is 0 Å². The molecule has 1 N–H and O–H groups in total. The van der Waals surface area contributed by atoms with E-state index in [1.807, 2.05) is 0 Å². The van der Waals surface area contributed by atoms with E-state index >= 15 is 0 Å². The van der Waals surface area contributed by atoms with E-state index in [0.29, 0.717) is 6.42 Å². The Morgan fingerprint density at radius 3 is 1.76 bits per heavy atom. The van der Waals surface area contributed by atoms with Crippen molar-refractivity contribution >= 4 is 5.97 Å². The summed E-state index contributed by atoms with van der Waals surface area (Å²) in [5.74, 6) is 11.4. The Bertz CT molecular complexity index is 362. The fourth-order valence-corrected chi connectivity index (χ4v) is 2.05. The monoisotopic (exact) mass is 290 g/mol. The lowest BCUT2D eigenvalue weighted by Crippen LogP contribution is -1.93. The highest BCUT2D eigenvalue weighted by Crippen LogP contribution is 2.08. The molecule has 0 aromatic heterocycles. The molecule has 0 saturated carbocycles. The summed E-state index contributed by atoms with van der Waals surface area (Å²) in [5, 5.41) is 8.50. The molecule has 0 aromatic rings. The summed E-state index contributed by atoms with van der Waals surface area (Å²) in [7, 11) is 0. The van der Waals surface area contributed by atoms with Crippen molar-refractivity contribution in [2.24, 2.45) is 0 Å². The minimum Gasteiger partial charge on any atom is -0.481 e. The lowest BCUT2D eigenvalue weighted by molar-refractivity contribution is -0.137. The van der Waals surface area contributed by atoms with Gasteiger partial charge in [0.2, 0.25) is 0 Å². The Kier molecular flexibility index (Phi) is 15.5. The first kappa shape index (κ1) is 19.6. The number of carboxylic acid groups (broad SMARTS) is 1. The summed E-state index contributed by atoms with van der Waals surface area (Å²) in [6.45, 7) is 2.22. The minimum absolute atomic E-state index is 0.308. The summed E-state index contributed by atoms with van der Waals surface area (Å²) in [5.41, 5.74) is 0. The molecule has 0 amide bonds. The van der Waals surface area contributed by atoms with Gasteiger partial charge in [0.1, 0.15) is 0 Å². The number of aliphatic carboxylic acids is 1. The van der Waals surface area contributed by atoms with Crippen molar-refractivity contribution < 1.29 is 9.90 Å². The summed E-state index contributed by atoms with van der Waals surface area (Å²) >= 11 is 0. The lowest BCUT2D eigenvalue weighted by Gasteiger charge is -1.98. The van der Waals surface area contributed by atoms with E-state index in [-0.39, 0.29) is 0 Å². The van der Waals surface area contributed by atoms with Crippen LogP contribution in [0.5, 0.6) is 0 Å². The molecular formula is C19H30O2. The zero-order valence-electron chi connectivity index (χ0n) is 13.5. The molecular weight excluding hydrogens is 260 g/mol. The summed E-state index contributed by atoms with van der Waals surface area (Å²) in [6.07, 6.45) is 13.8. The van der Waals surface area contributed by atoms with Crippen LogP contribution in [0.3, 0.4) is 0 Å². The third-order valence-corrected chi connectivity index (χ3v) is 3.34. The fourth-order valence-electron chi connectivity index (χ4n) is 2.05. The average molecular weight is 290 g/mol. The molecule has 0 atom stereocenters. The van der Waals surface area contributed by atoms with Crippen LogP contribution >= 0.6 is 0 Å². The molecule has 0 heterocycles. The molecule has 0 saturated heterocycles. The number of rotatable bonds is 12. The molecule has 0 aromatic carbocycles. The number of hydrogen-bond acceptors (Lipinski definition) is 1. The fraction of sp³-hybridized carbons (Fsp3) is 0.737. The van der Waals surface area contributed by atoms with Crippen LogP contribution in [0.15, 0.2) is 0 Å².